The molecule has 1 N–H and O–H groups in total. The Bertz CT molecular complexity index is 1410. The third-order valence-electron chi connectivity index (χ3n) is 7.23. The van der Waals surface area contributed by atoms with Crippen LogP contribution in [0.3, 0.4) is 0 Å². The van der Waals surface area contributed by atoms with E-state index in [1.807, 2.05) is 79.7 Å². The lowest BCUT2D eigenvalue weighted by Gasteiger charge is -2.40. The van der Waals surface area contributed by atoms with Crippen LogP contribution in [0.5, 0.6) is 11.5 Å². The molecule has 1 heterocycles. The quantitative estimate of drug-likeness (QED) is 0.175. The van der Waals surface area contributed by atoms with E-state index >= 15 is 4.39 Å². The molecular weight excluding hydrogens is 606 g/mol. The minimum atomic E-state index is -0.888. The Labute approximate surface area is 242 Å². The van der Waals surface area contributed by atoms with Crippen LogP contribution in [0.4, 0.5) is 4.39 Å². The van der Waals surface area contributed by atoms with Gasteiger partial charge >= 0.3 is 0 Å². The summed E-state index contributed by atoms with van der Waals surface area (Å²) in [4.78, 5) is 5.01. The molecule has 1 aliphatic heterocycles. The fourth-order valence-electron chi connectivity index (χ4n) is 5.07. The van der Waals surface area contributed by atoms with Crippen LogP contribution in [-0.4, -0.2) is 26.8 Å². The summed E-state index contributed by atoms with van der Waals surface area (Å²) < 4.78 is 33.0. The molecule has 39 heavy (non-hydrogen) atoms. The Morgan fingerprint density at radius 3 is 1.97 bits per heavy atom. The van der Waals surface area contributed by atoms with E-state index in [-0.39, 0.29) is 5.82 Å². The Balaban J connectivity index is 1.71. The maximum absolute atomic E-state index is 15.0. The normalized spacial score (nSPS) is 17.1. The summed E-state index contributed by atoms with van der Waals surface area (Å²) in [7, 11) is 3.30. The number of nitrogens with zero attached hydrogens (tertiary/aromatic N) is 1. The molecule has 1 aliphatic rings. The number of methoxy groups -OCH3 is 2. The van der Waals surface area contributed by atoms with Gasteiger partial charge in [0.1, 0.15) is 22.9 Å². The van der Waals surface area contributed by atoms with Gasteiger partial charge in [-0.1, -0.05) is 54.6 Å². The van der Waals surface area contributed by atoms with E-state index in [1.165, 1.54) is 6.07 Å². The highest BCUT2D eigenvalue weighted by atomic mass is 127. The molecule has 0 unspecified atom stereocenters. The van der Waals surface area contributed by atoms with E-state index in [9.17, 15) is 0 Å². The van der Waals surface area contributed by atoms with Crippen molar-refractivity contribution in [1.29, 1.82) is 0 Å². The van der Waals surface area contributed by atoms with E-state index in [2.05, 4.69) is 40.0 Å². The summed E-state index contributed by atoms with van der Waals surface area (Å²) in [5.41, 5.74) is 1.77. The Morgan fingerprint density at radius 2 is 1.41 bits per heavy atom. The first-order valence-electron chi connectivity index (χ1n) is 12.7. The summed E-state index contributed by atoms with van der Waals surface area (Å²) in [6.45, 7) is 2.35. The maximum Gasteiger partial charge on any atom is 0.286 e. The molecule has 5 nitrogen and oxygen atoms in total. The minimum Gasteiger partial charge on any atom is -0.497 e. The topological polar surface area (TPSA) is 52.1 Å². The highest BCUT2D eigenvalue weighted by Crippen LogP contribution is 2.40. The maximum atomic E-state index is 15.0. The highest BCUT2D eigenvalue weighted by molar-refractivity contribution is 14.1. The summed E-state index contributed by atoms with van der Waals surface area (Å²) in [5.74, 6) is 1.23. The lowest BCUT2D eigenvalue weighted by Crippen LogP contribution is -2.50. The van der Waals surface area contributed by atoms with Crippen molar-refractivity contribution in [3.8, 4) is 11.5 Å². The van der Waals surface area contributed by atoms with E-state index in [0.717, 1.165) is 31.8 Å². The van der Waals surface area contributed by atoms with Crippen molar-refractivity contribution < 1.29 is 18.6 Å². The van der Waals surface area contributed by atoms with Gasteiger partial charge in [-0.2, -0.15) is 0 Å². The SMILES string of the molecule is COc1ccc(C(NC2=N[C@](C)(c3cc(I)ccc3F)CCO2)(c2ccccc2)c2ccc(OC)cc2)cc1. The largest absolute Gasteiger partial charge is 0.497 e. The van der Waals surface area contributed by atoms with Crippen LogP contribution in [0, 0.1) is 9.39 Å². The predicted molar refractivity (Wildman–Crippen MR) is 160 cm³/mol. The molecule has 5 rings (SSSR count). The average Bonchev–Trinajstić information content (AvgIpc) is 2.98. The zero-order valence-electron chi connectivity index (χ0n) is 22.1. The number of ether oxygens (including phenoxy) is 3. The molecule has 200 valence electrons. The van der Waals surface area contributed by atoms with Crippen molar-refractivity contribution in [2.45, 2.75) is 24.4 Å². The van der Waals surface area contributed by atoms with Crippen LogP contribution in [-0.2, 0) is 15.8 Å². The molecule has 0 spiro atoms. The van der Waals surface area contributed by atoms with Gasteiger partial charge in [0, 0.05) is 15.6 Å². The first-order chi connectivity index (χ1) is 18.9. The molecule has 4 aromatic rings. The summed E-state index contributed by atoms with van der Waals surface area (Å²) >= 11 is 2.20. The van der Waals surface area contributed by atoms with Crippen molar-refractivity contribution in [2.75, 3.05) is 20.8 Å². The molecule has 0 aliphatic carbocycles. The molecule has 0 saturated carbocycles. The zero-order valence-corrected chi connectivity index (χ0v) is 24.2. The van der Waals surface area contributed by atoms with Crippen LogP contribution in [0.15, 0.2) is 102 Å². The summed E-state index contributed by atoms with van der Waals surface area (Å²) in [6, 6.07) is 31.5. The van der Waals surface area contributed by atoms with Gasteiger partial charge in [0.25, 0.3) is 6.02 Å². The molecule has 0 amide bonds. The zero-order chi connectivity index (χ0) is 27.5. The van der Waals surface area contributed by atoms with Gasteiger partial charge in [-0.05, 0) is 88.7 Å². The second-order valence-electron chi connectivity index (χ2n) is 9.61. The lowest BCUT2D eigenvalue weighted by atomic mass is 9.77. The van der Waals surface area contributed by atoms with Gasteiger partial charge in [0.2, 0.25) is 0 Å². The summed E-state index contributed by atoms with van der Waals surface area (Å²) in [5, 5.41) is 3.67. The van der Waals surface area contributed by atoms with Crippen molar-refractivity contribution >= 4 is 28.6 Å². The molecule has 7 heteroatoms. The first-order valence-corrected chi connectivity index (χ1v) is 13.8. The fraction of sp³-hybridized carbons (Fsp3) is 0.219. The van der Waals surface area contributed by atoms with Crippen molar-refractivity contribution in [3.05, 3.63) is 129 Å². The Kier molecular flexibility index (Phi) is 7.79. The first kappa shape index (κ1) is 27.0. The minimum absolute atomic E-state index is 0.275. The van der Waals surface area contributed by atoms with Crippen molar-refractivity contribution in [3.63, 3.8) is 0 Å². The predicted octanol–water partition coefficient (Wildman–Crippen LogP) is 7.02. The number of nitrogens with one attached hydrogen (secondary N) is 1. The van der Waals surface area contributed by atoms with E-state index < -0.39 is 11.1 Å². The number of hydrogen-bond acceptors (Lipinski definition) is 5. The third kappa shape index (κ3) is 5.32. The van der Waals surface area contributed by atoms with Crippen LogP contribution in [0.1, 0.15) is 35.6 Å². The Hall–Kier alpha value is -3.59. The Morgan fingerprint density at radius 1 is 0.846 bits per heavy atom. The molecule has 4 aromatic carbocycles. The molecule has 0 bridgehead atoms. The van der Waals surface area contributed by atoms with Gasteiger partial charge in [0.05, 0.1) is 26.4 Å². The molecule has 0 radical (unpaired) electrons. The van der Waals surface area contributed by atoms with Gasteiger partial charge in [-0.3, -0.25) is 0 Å². The number of benzene rings is 4. The van der Waals surface area contributed by atoms with E-state index in [1.54, 1.807) is 20.3 Å². The highest BCUT2D eigenvalue weighted by Gasteiger charge is 2.41. The number of amidine groups is 1. The molecule has 0 saturated heterocycles. The second-order valence-corrected chi connectivity index (χ2v) is 10.9. The van der Waals surface area contributed by atoms with Crippen molar-refractivity contribution in [1.82, 2.24) is 5.32 Å². The molecule has 1 atom stereocenters. The number of halogens is 2. The lowest BCUT2D eigenvalue weighted by molar-refractivity contribution is 0.202. The number of aliphatic imine (C=N–C) groups is 1. The number of hydrogen-bond donors (Lipinski definition) is 1. The second kappa shape index (κ2) is 11.3. The monoisotopic (exact) mass is 636 g/mol. The molecular formula is C32H30FIN2O3. The van der Waals surface area contributed by atoms with E-state index in [4.69, 9.17) is 19.2 Å². The molecule has 0 aromatic heterocycles. The fourth-order valence-corrected chi connectivity index (χ4v) is 5.57. The van der Waals surface area contributed by atoms with Gasteiger partial charge in [0.15, 0.2) is 0 Å². The van der Waals surface area contributed by atoms with Gasteiger partial charge in [-0.25, -0.2) is 9.38 Å². The van der Waals surface area contributed by atoms with Crippen LogP contribution in [0.25, 0.3) is 0 Å². The standard InChI is InChI=1S/C32H30FIN2O3/c1-31(28-21-25(34)13-18-29(28)33)19-20-39-30(35-31)36-32(22-7-5-4-6-8-22,23-9-14-26(37-2)15-10-23)24-11-16-27(38-3)17-12-24/h4-18,21H,19-20H2,1-3H3,(H,35,36)/t31-/m0/s1. The average molecular weight is 637 g/mol. The van der Waals surface area contributed by atoms with E-state index in [0.29, 0.717) is 24.6 Å². The molecule has 0 fully saturated rings. The number of rotatable bonds is 7. The van der Waals surface area contributed by atoms with Gasteiger partial charge in [-0.15, -0.1) is 0 Å². The van der Waals surface area contributed by atoms with Gasteiger partial charge < -0.3 is 19.5 Å². The van der Waals surface area contributed by atoms with Crippen LogP contribution >= 0.6 is 22.6 Å². The van der Waals surface area contributed by atoms with Crippen LogP contribution < -0.4 is 14.8 Å². The van der Waals surface area contributed by atoms with Crippen LogP contribution in [0.2, 0.25) is 0 Å². The third-order valence-corrected chi connectivity index (χ3v) is 7.90. The smallest absolute Gasteiger partial charge is 0.286 e. The van der Waals surface area contributed by atoms with Crippen molar-refractivity contribution in [2.24, 2.45) is 4.99 Å². The summed E-state index contributed by atoms with van der Waals surface area (Å²) in [6.07, 6.45) is 0.554.